The van der Waals surface area contributed by atoms with E-state index in [1.165, 1.54) is 13.0 Å². The Labute approximate surface area is 223 Å². The Balaban J connectivity index is 1.85. The molecule has 1 atom stereocenters. The molecule has 2 aromatic rings. The van der Waals surface area contributed by atoms with E-state index in [4.69, 9.17) is 11.6 Å². The maximum absolute atomic E-state index is 14.7. The standard InChI is InChI=1S/C23H16ClF10N3O3/c1-10-4-11(2-3-13(10)19(39)35-8-17(38)36-9-21(26,27)28)16-7-20(40-37-16,23(32,33)34)14-5-12(22(29,30)31)6-15(24)18(14)25/h2-6H,7-9H2,1H3,(H,35,39)(H,36,38)/t20-/m1/s1. The van der Waals surface area contributed by atoms with Gasteiger partial charge >= 0.3 is 18.5 Å². The molecule has 2 amide bonds. The van der Waals surface area contributed by atoms with E-state index in [0.717, 1.165) is 12.1 Å². The molecule has 17 heteroatoms. The zero-order valence-corrected chi connectivity index (χ0v) is 20.6. The predicted molar refractivity (Wildman–Crippen MR) is 119 cm³/mol. The molecule has 0 saturated carbocycles. The third kappa shape index (κ3) is 6.59. The topological polar surface area (TPSA) is 79.8 Å². The molecule has 6 nitrogen and oxygen atoms in total. The van der Waals surface area contributed by atoms with Gasteiger partial charge in [0.2, 0.25) is 5.91 Å². The van der Waals surface area contributed by atoms with Crippen molar-refractivity contribution in [3.8, 4) is 0 Å². The van der Waals surface area contributed by atoms with Crippen molar-refractivity contribution in [2.75, 3.05) is 13.1 Å². The number of hydrogen-bond acceptors (Lipinski definition) is 4. The molecule has 40 heavy (non-hydrogen) atoms. The molecule has 3 rings (SSSR count). The van der Waals surface area contributed by atoms with Crippen LogP contribution in [0.4, 0.5) is 43.9 Å². The molecule has 2 N–H and O–H groups in total. The Kier molecular flexibility index (Phi) is 8.35. The molecule has 0 radical (unpaired) electrons. The lowest BCUT2D eigenvalue weighted by Crippen LogP contribution is -2.43. The Morgan fingerprint density at radius 1 is 1.02 bits per heavy atom. The molecule has 0 aromatic heterocycles. The highest BCUT2D eigenvalue weighted by atomic mass is 35.5. The molecule has 0 bridgehead atoms. The number of aryl methyl sites for hydroxylation is 1. The van der Waals surface area contributed by atoms with Gasteiger partial charge < -0.3 is 15.5 Å². The Morgan fingerprint density at radius 2 is 1.68 bits per heavy atom. The molecule has 1 aliphatic heterocycles. The third-order valence-electron chi connectivity index (χ3n) is 5.68. The number of alkyl halides is 9. The number of rotatable bonds is 6. The molecule has 1 aliphatic rings. The summed E-state index contributed by atoms with van der Waals surface area (Å²) in [6, 6.07) is 3.45. The maximum Gasteiger partial charge on any atom is 0.435 e. The first kappa shape index (κ1) is 31.0. The number of carbonyl (C=O) groups is 2. The quantitative estimate of drug-likeness (QED) is 0.408. The van der Waals surface area contributed by atoms with E-state index >= 15 is 0 Å². The number of amides is 2. The van der Waals surface area contributed by atoms with E-state index in [1.807, 2.05) is 0 Å². The van der Waals surface area contributed by atoms with Crippen LogP contribution in [0.2, 0.25) is 5.02 Å². The van der Waals surface area contributed by atoms with Gasteiger partial charge in [0, 0.05) is 11.1 Å². The van der Waals surface area contributed by atoms with E-state index in [-0.39, 0.29) is 28.8 Å². The van der Waals surface area contributed by atoms with Crippen LogP contribution in [0, 0.1) is 12.7 Å². The average molecular weight is 608 g/mol. The Hall–Kier alpha value is -3.56. The zero-order valence-electron chi connectivity index (χ0n) is 19.8. The second-order valence-corrected chi connectivity index (χ2v) is 8.96. The first-order valence-corrected chi connectivity index (χ1v) is 11.2. The monoisotopic (exact) mass is 607 g/mol. The van der Waals surface area contributed by atoms with E-state index in [0.29, 0.717) is 0 Å². The molecule has 0 spiro atoms. The summed E-state index contributed by atoms with van der Waals surface area (Å²) in [4.78, 5) is 28.4. The van der Waals surface area contributed by atoms with Crippen molar-refractivity contribution in [3.05, 3.63) is 69.0 Å². The van der Waals surface area contributed by atoms with Crippen LogP contribution < -0.4 is 10.6 Å². The minimum Gasteiger partial charge on any atom is -0.374 e. The van der Waals surface area contributed by atoms with Crippen molar-refractivity contribution in [3.63, 3.8) is 0 Å². The molecule has 0 saturated heterocycles. The van der Waals surface area contributed by atoms with Gasteiger partial charge in [0.15, 0.2) is 0 Å². The lowest BCUT2D eigenvalue weighted by molar-refractivity contribution is -0.276. The van der Waals surface area contributed by atoms with E-state index < -0.39 is 83.1 Å². The normalized spacial score (nSPS) is 17.8. The van der Waals surface area contributed by atoms with Gasteiger partial charge in [0.1, 0.15) is 12.4 Å². The smallest absolute Gasteiger partial charge is 0.374 e. The number of carbonyl (C=O) groups excluding carboxylic acids is 2. The van der Waals surface area contributed by atoms with Gasteiger partial charge in [-0.05, 0) is 42.3 Å². The van der Waals surface area contributed by atoms with Crippen LogP contribution >= 0.6 is 11.6 Å². The minimum atomic E-state index is -5.46. The SMILES string of the molecule is Cc1cc(C2=NO[C@](c3cc(C(F)(F)F)cc(Cl)c3F)(C(F)(F)F)C2)ccc1C(=O)NCC(=O)NCC(F)(F)F. The van der Waals surface area contributed by atoms with Crippen molar-refractivity contribution in [2.24, 2.45) is 5.16 Å². The van der Waals surface area contributed by atoms with E-state index in [1.54, 1.807) is 5.32 Å². The summed E-state index contributed by atoms with van der Waals surface area (Å²) < 4.78 is 134. The molecule has 1 heterocycles. The summed E-state index contributed by atoms with van der Waals surface area (Å²) >= 11 is 5.47. The van der Waals surface area contributed by atoms with Gasteiger partial charge in [-0.2, -0.15) is 39.5 Å². The minimum absolute atomic E-state index is 0.0588. The summed E-state index contributed by atoms with van der Waals surface area (Å²) in [5.41, 5.74) is -7.35. The second-order valence-electron chi connectivity index (χ2n) is 8.55. The second kappa shape index (κ2) is 10.8. The molecule has 0 fully saturated rings. The number of nitrogens with zero attached hydrogens (tertiary/aromatic N) is 1. The van der Waals surface area contributed by atoms with Crippen molar-refractivity contribution >= 4 is 29.1 Å². The Morgan fingerprint density at radius 3 is 2.23 bits per heavy atom. The summed E-state index contributed by atoms with van der Waals surface area (Å²) in [6.45, 7) is -1.09. The summed E-state index contributed by atoms with van der Waals surface area (Å²) in [5, 5.41) is 5.75. The lowest BCUT2D eigenvalue weighted by Gasteiger charge is -2.30. The van der Waals surface area contributed by atoms with Crippen LogP contribution in [0.3, 0.4) is 0 Å². The molecular formula is C23H16ClF10N3O3. The molecule has 0 unspecified atom stereocenters. The largest absolute Gasteiger partial charge is 0.435 e. The zero-order chi connectivity index (χ0) is 30.3. The number of oxime groups is 1. The van der Waals surface area contributed by atoms with Gasteiger partial charge in [-0.3, -0.25) is 9.59 Å². The molecular weight excluding hydrogens is 592 g/mol. The highest BCUT2D eigenvalue weighted by Crippen LogP contribution is 2.51. The van der Waals surface area contributed by atoms with Crippen LogP contribution in [0.5, 0.6) is 0 Å². The van der Waals surface area contributed by atoms with Crippen LogP contribution in [-0.2, 0) is 21.4 Å². The van der Waals surface area contributed by atoms with E-state index in [2.05, 4.69) is 15.3 Å². The highest BCUT2D eigenvalue weighted by molar-refractivity contribution is 6.30. The number of benzene rings is 2. The van der Waals surface area contributed by atoms with E-state index in [9.17, 15) is 53.5 Å². The van der Waals surface area contributed by atoms with Crippen LogP contribution in [0.1, 0.15) is 39.0 Å². The fourth-order valence-electron chi connectivity index (χ4n) is 3.70. The number of halogens is 11. The maximum atomic E-state index is 14.7. The van der Waals surface area contributed by atoms with Crippen LogP contribution in [0.25, 0.3) is 0 Å². The molecule has 2 aromatic carbocycles. The van der Waals surface area contributed by atoms with Gasteiger partial charge in [0.25, 0.3) is 11.5 Å². The number of hydrogen-bond donors (Lipinski definition) is 2. The first-order valence-electron chi connectivity index (χ1n) is 10.9. The lowest BCUT2D eigenvalue weighted by atomic mass is 9.85. The predicted octanol–water partition coefficient (Wildman–Crippen LogP) is 5.80. The average Bonchev–Trinajstić information content (AvgIpc) is 3.28. The van der Waals surface area contributed by atoms with Crippen molar-refractivity contribution in [2.45, 2.75) is 37.5 Å². The number of nitrogens with one attached hydrogen (secondary N) is 2. The van der Waals surface area contributed by atoms with Crippen LogP contribution in [0.15, 0.2) is 35.5 Å². The first-order chi connectivity index (χ1) is 18.2. The third-order valence-corrected chi connectivity index (χ3v) is 5.95. The fourth-order valence-corrected chi connectivity index (χ4v) is 3.92. The summed E-state index contributed by atoms with van der Waals surface area (Å²) in [6.07, 6.45) is -16.5. The Bertz CT molecular complexity index is 1360. The van der Waals surface area contributed by atoms with Crippen molar-refractivity contribution in [1.29, 1.82) is 0 Å². The fraction of sp³-hybridized carbons (Fsp3) is 0.348. The highest BCUT2D eigenvalue weighted by Gasteiger charge is 2.64. The van der Waals surface area contributed by atoms with Gasteiger partial charge in [-0.1, -0.05) is 22.8 Å². The van der Waals surface area contributed by atoms with Gasteiger partial charge in [-0.25, -0.2) is 4.39 Å². The van der Waals surface area contributed by atoms with Gasteiger partial charge in [-0.15, -0.1) is 0 Å². The van der Waals surface area contributed by atoms with Crippen molar-refractivity contribution < 1.29 is 58.3 Å². The van der Waals surface area contributed by atoms with Crippen molar-refractivity contribution in [1.82, 2.24) is 10.6 Å². The summed E-state index contributed by atoms with van der Waals surface area (Å²) in [5.74, 6) is -3.82. The molecule has 0 aliphatic carbocycles. The van der Waals surface area contributed by atoms with Gasteiger partial charge in [0.05, 0.1) is 29.3 Å². The van der Waals surface area contributed by atoms with Crippen LogP contribution in [-0.4, -0.2) is 43.0 Å². The summed E-state index contributed by atoms with van der Waals surface area (Å²) in [7, 11) is 0. The molecule has 218 valence electrons.